The Kier molecular flexibility index (Phi) is 5.63. The van der Waals surface area contributed by atoms with Crippen LogP contribution < -0.4 is 5.32 Å². The zero-order chi connectivity index (χ0) is 12.1. The summed E-state index contributed by atoms with van der Waals surface area (Å²) < 4.78 is 11.2. The van der Waals surface area contributed by atoms with Crippen LogP contribution in [0.3, 0.4) is 0 Å². The molecule has 0 aliphatic carbocycles. The van der Waals surface area contributed by atoms with Crippen LogP contribution in [0.4, 0.5) is 0 Å². The Morgan fingerprint density at radius 1 is 1.24 bits per heavy atom. The molecule has 0 aromatic rings. The van der Waals surface area contributed by atoms with E-state index in [0.29, 0.717) is 11.2 Å². The highest BCUT2D eigenvalue weighted by Crippen LogP contribution is 2.20. The van der Waals surface area contributed by atoms with Crippen molar-refractivity contribution in [1.29, 1.82) is 0 Å². The number of ether oxygens (including phenoxy) is 2. The summed E-state index contributed by atoms with van der Waals surface area (Å²) in [5.41, 5.74) is 0.143. The van der Waals surface area contributed by atoms with Crippen LogP contribution >= 0.6 is 23.4 Å². The van der Waals surface area contributed by atoms with Crippen molar-refractivity contribution < 1.29 is 9.47 Å². The summed E-state index contributed by atoms with van der Waals surface area (Å²) in [5, 5.41) is 3.74. The first-order valence-electron chi connectivity index (χ1n) is 6.09. The SMILES string of the molecule is CSC1COC(/C=C/C2CCC(Cl)NC2)OC1. The molecule has 1 N–H and O–H groups in total. The van der Waals surface area contributed by atoms with Gasteiger partial charge in [-0.25, -0.2) is 0 Å². The monoisotopic (exact) mass is 277 g/mol. The van der Waals surface area contributed by atoms with Gasteiger partial charge in [0, 0.05) is 6.54 Å². The van der Waals surface area contributed by atoms with Crippen LogP contribution in [0.5, 0.6) is 0 Å². The summed E-state index contributed by atoms with van der Waals surface area (Å²) in [6.07, 6.45) is 8.32. The Hall–Kier alpha value is 0.260. The average molecular weight is 278 g/mol. The molecule has 3 nitrogen and oxygen atoms in total. The van der Waals surface area contributed by atoms with Gasteiger partial charge in [0.15, 0.2) is 6.29 Å². The Morgan fingerprint density at radius 2 is 2.00 bits per heavy atom. The number of nitrogens with one attached hydrogen (secondary N) is 1. The minimum Gasteiger partial charge on any atom is -0.348 e. The second-order valence-electron chi connectivity index (χ2n) is 4.49. The number of halogens is 1. The first kappa shape index (κ1) is 13.7. The van der Waals surface area contributed by atoms with Gasteiger partial charge >= 0.3 is 0 Å². The van der Waals surface area contributed by atoms with Gasteiger partial charge in [0.2, 0.25) is 0 Å². The molecule has 0 radical (unpaired) electrons. The van der Waals surface area contributed by atoms with Crippen LogP contribution in [0, 0.1) is 5.92 Å². The fourth-order valence-corrected chi connectivity index (χ4v) is 2.65. The summed E-state index contributed by atoms with van der Waals surface area (Å²) in [7, 11) is 0. The fourth-order valence-electron chi connectivity index (χ4n) is 2.00. The van der Waals surface area contributed by atoms with Crippen LogP contribution in [-0.2, 0) is 9.47 Å². The van der Waals surface area contributed by atoms with E-state index in [0.717, 1.165) is 32.6 Å². The molecule has 0 saturated carbocycles. The number of thioether (sulfide) groups is 1. The summed E-state index contributed by atoms with van der Waals surface area (Å²) in [5.74, 6) is 0.551. The van der Waals surface area contributed by atoms with Crippen LogP contribution in [0.1, 0.15) is 12.8 Å². The minimum absolute atomic E-state index is 0.143. The molecule has 2 atom stereocenters. The zero-order valence-corrected chi connectivity index (χ0v) is 11.7. The Labute approximate surface area is 112 Å². The third-order valence-corrected chi connectivity index (χ3v) is 4.47. The molecule has 2 saturated heterocycles. The van der Waals surface area contributed by atoms with E-state index < -0.39 is 0 Å². The number of alkyl halides is 1. The summed E-state index contributed by atoms with van der Waals surface area (Å²) in [4.78, 5) is 0. The zero-order valence-electron chi connectivity index (χ0n) is 10.1. The number of hydrogen-bond acceptors (Lipinski definition) is 4. The first-order valence-corrected chi connectivity index (χ1v) is 7.82. The molecule has 0 amide bonds. The molecule has 2 unspecified atom stereocenters. The van der Waals surface area contributed by atoms with Crippen molar-refractivity contribution >= 4 is 23.4 Å². The van der Waals surface area contributed by atoms with Crippen molar-refractivity contribution in [2.45, 2.75) is 29.9 Å². The van der Waals surface area contributed by atoms with Gasteiger partial charge in [-0.2, -0.15) is 11.8 Å². The molecule has 5 heteroatoms. The molecule has 0 spiro atoms. The van der Waals surface area contributed by atoms with Crippen molar-refractivity contribution in [2.24, 2.45) is 5.92 Å². The lowest BCUT2D eigenvalue weighted by Crippen LogP contribution is -2.35. The fraction of sp³-hybridized carbons (Fsp3) is 0.833. The topological polar surface area (TPSA) is 30.5 Å². The molecule has 0 aromatic heterocycles. The number of piperidine rings is 1. The maximum Gasteiger partial charge on any atom is 0.176 e. The molecule has 17 heavy (non-hydrogen) atoms. The highest BCUT2D eigenvalue weighted by Gasteiger charge is 2.20. The lowest BCUT2D eigenvalue weighted by atomic mass is 9.99. The lowest BCUT2D eigenvalue weighted by Gasteiger charge is -2.27. The largest absolute Gasteiger partial charge is 0.348 e. The van der Waals surface area contributed by atoms with E-state index in [2.05, 4.69) is 17.6 Å². The molecule has 98 valence electrons. The maximum atomic E-state index is 5.98. The Balaban J connectivity index is 1.70. The molecule has 2 fully saturated rings. The van der Waals surface area contributed by atoms with E-state index in [9.17, 15) is 0 Å². The van der Waals surface area contributed by atoms with Gasteiger partial charge < -0.3 is 14.8 Å². The van der Waals surface area contributed by atoms with Crippen molar-refractivity contribution in [2.75, 3.05) is 26.0 Å². The molecule has 2 aliphatic rings. The average Bonchev–Trinajstić information content (AvgIpc) is 2.39. The van der Waals surface area contributed by atoms with Gasteiger partial charge in [0.1, 0.15) is 0 Å². The van der Waals surface area contributed by atoms with Crippen LogP contribution in [0.15, 0.2) is 12.2 Å². The summed E-state index contributed by atoms with van der Waals surface area (Å²) in [6, 6.07) is 0. The standard InChI is InChI=1S/C12H20ClNO2S/c1-17-10-7-15-12(16-8-10)5-3-9-2-4-11(13)14-6-9/h3,5,9-12,14H,2,4,6-8H2,1H3/b5-3+. The normalized spacial score (nSPS) is 39.6. The Morgan fingerprint density at radius 3 is 2.59 bits per heavy atom. The van der Waals surface area contributed by atoms with E-state index in [1.54, 1.807) is 11.8 Å². The van der Waals surface area contributed by atoms with E-state index >= 15 is 0 Å². The van der Waals surface area contributed by atoms with Gasteiger partial charge in [-0.3, -0.25) is 0 Å². The minimum atomic E-state index is -0.160. The first-order chi connectivity index (χ1) is 8.28. The second kappa shape index (κ2) is 7.00. The summed E-state index contributed by atoms with van der Waals surface area (Å²) >= 11 is 7.77. The van der Waals surface area contributed by atoms with E-state index in [1.807, 2.05) is 6.08 Å². The van der Waals surface area contributed by atoms with E-state index in [-0.39, 0.29) is 11.8 Å². The van der Waals surface area contributed by atoms with Crippen molar-refractivity contribution in [1.82, 2.24) is 5.32 Å². The predicted octanol–water partition coefficient (Wildman–Crippen LogP) is 2.21. The Bertz CT molecular complexity index is 249. The number of hydrogen-bond donors (Lipinski definition) is 1. The molecule has 2 rings (SSSR count). The second-order valence-corrected chi connectivity index (χ2v) is 6.16. The maximum absolute atomic E-state index is 5.98. The molecule has 0 aromatic carbocycles. The third-order valence-electron chi connectivity index (χ3n) is 3.16. The predicted molar refractivity (Wildman–Crippen MR) is 72.5 cm³/mol. The van der Waals surface area contributed by atoms with Crippen molar-refractivity contribution in [3.8, 4) is 0 Å². The third kappa shape index (κ3) is 4.45. The highest BCUT2D eigenvalue weighted by molar-refractivity contribution is 7.99. The van der Waals surface area contributed by atoms with Crippen LogP contribution in [0.2, 0.25) is 0 Å². The molecular weight excluding hydrogens is 258 g/mol. The van der Waals surface area contributed by atoms with Crippen LogP contribution in [0.25, 0.3) is 0 Å². The van der Waals surface area contributed by atoms with Gasteiger partial charge in [-0.05, 0) is 31.1 Å². The molecule has 0 bridgehead atoms. The summed E-state index contributed by atoms with van der Waals surface area (Å²) in [6.45, 7) is 2.51. The van der Waals surface area contributed by atoms with Gasteiger partial charge in [0.25, 0.3) is 0 Å². The van der Waals surface area contributed by atoms with Crippen molar-refractivity contribution in [3.63, 3.8) is 0 Å². The smallest absolute Gasteiger partial charge is 0.176 e. The van der Waals surface area contributed by atoms with Gasteiger partial charge in [0.05, 0.1) is 24.0 Å². The highest BCUT2D eigenvalue weighted by atomic mass is 35.5. The van der Waals surface area contributed by atoms with E-state index in [4.69, 9.17) is 21.1 Å². The quantitative estimate of drug-likeness (QED) is 0.487. The van der Waals surface area contributed by atoms with E-state index in [1.165, 1.54) is 0 Å². The lowest BCUT2D eigenvalue weighted by molar-refractivity contribution is -0.146. The van der Waals surface area contributed by atoms with Gasteiger partial charge in [-0.15, -0.1) is 11.6 Å². The van der Waals surface area contributed by atoms with Gasteiger partial charge in [-0.1, -0.05) is 6.08 Å². The molecule has 2 aliphatic heterocycles. The van der Waals surface area contributed by atoms with Crippen molar-refractivity contribution in [3.05, 3.63) is 12.2 Å². The molecular formula is C12H20ClNO2S. The number of rotatable bonds is 3. The van der Waals surface area contributed by atoms with Crippen LogP contribution in [-0.4, -0.2) is 43.1 Å². The molecule has 2 heterocycles.